The number of hydrogen-bond donors (Lipinski definition) is 0. The van der Waals surface area contributed by atoms with E-state index in [1.807, 2.05) is 25.1 Å². The number of furan rings is 2. The third kappa shape index (κ3) is 9.39. The van der Waals surface area contributed by atoms with E-state index < -0.39 is 0 Å². The van der Waals surface area contributed by atoms with Crippen LogP contribution in [0.4, 0.5) is 0 Å². The molecule has 18 rings (SSSR count). The van der Waals surface area contributed by atoms with Gasteiger partial charge in [0.05, 0.1) is 22.1 Å². The molecule has 0 aliphatic heterocycles. The molecule has 0 aliphatic rings. The standard InChI is InChI=1S/C88H57N5O2/c1-3-68(84-74-53-64(43-47-81(74)94-80(84)4-2)62-41-45-78-72(51-62)69-31-14-16-34-76(69)92(78)66-29-18-27-60(49-66)56-23-10-6-11-24-56)87-89-86(59-39-37-58(38-40-59)55-21-8-5-9-22-55)90-88(91-87)71-33-20-36-83-85(71)75-54-65(44-48-82(75)95-83)63-42-46-79-73(52-63)70-32-15-17-35-77(70)93(79)67-30-19-28-61(50-67)57-25-12-7-13-26-57/h3-54H,2H2,1H3/b68-3+. The molecule has 0 bridgehead atoms. The summed E-state index contributed by atoms with van der Waals surface area (Å²) in [6, 6.07) is 108. The highest BCUT2D eigenvalue weighted by atomic mass is 16.3. The van der Waals surface area contributed by atoms with Gasteiger partial charge in [-0.15, -0.1) is 0 Å². The largest absolute Gasteiger partial charge is 0.456 e. The van der Waals surface area contributed by atoms with Crippen molar-refractivity contribution in [2.24, 2.45) is 0 Å². The molecule has 5 heterocycles. The summed E-state index contributed by atoms with van der Waals surface area (Å²) >= 11 is 0. The van der Waals surface area contributed by atoms with E-state index in [1.165, 1.54) is 43.8 Å². The highest BCUT2D eigenvalue weighted by molar-refractivity contribution is 6.15. The highest BCUT2D eigenvalue weighted by Crippen LogP contribution is 2.44. The Balaban J connectivity index is 0.763. The van der Waals surface area contributed by atoms with Crippen molar-refractivity contribution in [3.05, 3.63) is 333 Å². The lowest BCUT2D eigenvalue weighted by Crippen LogP contribution is -2.04. The van der Waals surface area contributed by atoms with Gasteiger partial charge in [0.2, 0.25) is 0 Å². The van der Waals surface area contributed by atoms with E-state index in [2.05, 4.69) is 307 Å². The quantitative estimate of drug-likeness (QED) is 0.122. The van der Waals surface area contributed by atoms with Gasteiger partial charge in [-0.3, -0.25) is 0 Å². The lowest BCUT2D eigenvalue weighted by atomic mass is 9.96. The summed E-state index contributed by atoms with van der Waals surface area (Å²) in [4.78, 5) is 16.3. The van der Waals surface area contributed by atoms with E-state index in [1.54, 1.807) is 6.08 Å². The molecule has 13 aromatic carbocycles. The fourth-order valence-electron chi connectivity index (χ4n) is 14.3. The molecule has 7 nitrogen and oxygen atoms in total. The first-order valence-corrected chi connectivity index (χ1v) is 32.1. The molecule has 95 heavy (non-hydrogen) atoms. The van der Waals surface area contributed by atoms with Gasteiger partial charge in [0, 0.05) is 71.3 Å². The molecule has 0 amide bonds. The average Bonchev–Trinajstić information content (AvgIpc) is 1.68. The van der Waals surface area contributed by atoms with Gasteiger partial charge in [0.15, 0.2) is 17.5 Å². The van der Waals surface area contributed by atoms with Crippen molar-refractivity contribution in [1.82, 2.24) is 24.1 Å². The Labute approximate surface area is 547 Å². The van der Waals surface area contributed by atoms with Crippen LogP contribution in [0.5, 0.6) is 0 Å². The minimum absolute atomic E-state index is 0.492. The maximum Gasteiger partial charge on any atom is 0.164 e. The normalized spacial score (nSPS) is 11.9. The van der Waals surface area contributed by atoms with Gasteiger partial charge in [-0.1, -0.05) is 225 Å². The van der Waals surface area contributed by atoms with Gasteiger partial charge >= 0.3 is 0 Å². The van der Waals surface area contributed by atoms with Crippen molar-refractivity contribution in [2.75, 3.05) is 0 Å². The number of hydrogen-bond acceptors (Lipinski definition) is 5. The molecule has 0 unspecified atom stereocenters. The lowest BCUT2D eigenvalue weighted by molar-refractivity contribution is 0.603. The maximum absolute atomic E-state index is 6.76. The fraction of sp³-hybridized carbons (Fsp3) is 0.0114. The number of para-hydroxylation sites is 2. The zero-order valence-electron chi connectivity index (χ0n) is 51.8. The summed E-state index contributed by atoms with van der Waals surface area (Å²) in [5.41, 5.74) is 23.5. The Bertz CT molecular complexity index is 6110. The maximum atomic E-state index is 6.76. The fourth-order valence-corrected chi connectivity index (χ4v) is 14.3. The Morgan fingerprint density at radius 2 is 0.747 bits per heavy atom. The molecule has 5 aromatic heterocycles. The third-order valence-corrected chi connectivity index (χ3v) is 18.8. The average molecular weight is 1220 g/mol. The van der Waals surface area contributed by atoms with Crippen molar-refractivity contribution in [2.45, 2.75) is 6.92 Å². The highest BCUT2D eigenvalue weighted by Gasteiger charge is 2.25. The number of nitrogens with zero attached hydrogens (tertiary/aromatic N) is 5. The van der Waals surface area contributed by atoms with Gasteiger partial charge in [-0.05, 0) is 160 Å². The van der Waals surface area contributed by atoms with Gasteiger partial charge in [0.1, 0.15) is 22.5 Å². The van der Waals surface area contributed by atoms with Gasteiger partial charge in [0.25, 0.3) is 0 Å². The summed E-state index contributed by atoms with van der Waals surface area (Å²) in [5, 5.41) is 7.49. The lowest BCUT2D eigenvalue weighted by Gasteiger charge is -2.12. The Kier molecular flexibility index (Phi) is 13.1. The van der Waals surface area contributed by atoms with Crippen LogP contribution in [-0.2, 0) is 0 Å². The zero-order valence-corrected chi connectivity index (χ0v) is 51.8. The van der Waals surface area contributed by atoms with Crippen LogP contribution in [0.2, 0.25) is 0 Å². The van der Waals surface area contributed by atoms with Crippen molar-refractivity contribution in [1.29, 1.82) is 0 Å². The Morgan fingerprint density at radius 3 is 1.31 bits per heavy atom. The molecule has 0 saturated heterocycles. The third-order valence-electron chi connectivity index (χ3n) is 18.8. The van der Waals surface area contributed by atoms with E-state index in [9.17, 15) is 0 Å². The molecule has 0 atom stereocenters. The Hall–Kier alpha value is -12.7. The van der Waals surface area contributed by atoms with Crippen molar-refractivity contribution in [3.63, 3.8) is 0 Å². The molecule has 0 N–H and O–H groups in total. The second kappa shape index (κ2) is 22.6. The molecule has 7 heteroatoms. The molecule has 0 saturated carbocycles. The summed E-state index contributed by atoms with van der Waals surface area (Å²) in [6.07, 6.45) is 3.86. The molecule has 0 aliphatic carbocycles. The molecule has 446 valence electrons. The predicted octanol–water partition coefficient (Wildman–Crippen LogP) is 23.5. The van der Waals surface area contributed by atoms with Gasteiger partial charge in [-0.2, -0.15) is 0 Å². The summed E-state index contributed by atoms with van der Waals surface area (Å²) in [7, 11) is 0. The Morgan fingerprint density at radius 1 is 0.326 bits per heavy atom. The van der Waals surface area contributed by atoms with Crippen molar-refractivity contribution >= 4 is 88.2 Å². The van der Waals surface area contributed by atoms with Crippen LogP contribution in [-0.4, -0.2) is 24.1 Å². The van der Waals surface area contributed by atoms with Gasteiger partial charge < -0.3 is 18.0 Å². The van der Waals surface area contributed by atoms with Crippen LogP contribution in [0.3, 0.4) is 0 Å². The molecular weight excluding hydrogens is 1160 g/mol. The van der Waals surface area contributed by atoms with Crippen LogP contribution in [0, 0.1) is 0 Å². The first-order valence-electron chi connectivity index (χ1n) is 32.1. The second-order valence-corrected chi connectivity index (χ2v) is 24.2. The number of rotatable bonds is 12. The topological polar surface area (TPSA) is 74.8 Å². The molecule has 0 radical (unpaired) electrons. The predicted molar refractivity (Wildman–Crippen MR) is 393 cm³/mol. The van der Waals surface area contributed by atoms with Crippen LogP contribution in [0.15, 0.2) is 325 Å². The number of aromatic nitrogens is 5. The first kappa shape index (κ1) is 55.2. The molecular formula is C88H57N5O2. The number of fused-ring (bicyclic) bond motifs is 10. The van der Waals surface area contributed by atoms with E-state index in [-0.39, 0.29) is 0 Å². The number of benzene rings is 13. The van der Waals surface area contributed by atoms with Crippen molar-refractivity contribution < 1.29 is 8.83 Å². The van der Waals surface area contributed by atoms with E-state index in [0.717, 1.165) is 122 Å². The van der Waals surface area contributed by atoms with Crippen LogP contribution in [0.1, 0.15) is 24.1 Å². The summed E-state index contributed by atoms with van der Waals surface area (Å²) in [5.74, 6) is 2.15. The van der Waals surface area contributed by atoms with E-state index in [0.29, 0.717) is 23.2 Å². The zero-order chi connectivity index (χ0) is 63.1. The van der Waals surface area contributed by atoms with Crippen molar-refractivity contribution in [3.8, 4) is 89.8 Å². The first-order chi connectivity index (χ1) is 47.0. The van der Waals surface area contributed by atoms with E-state index in [4.69, 9.17) is 23.8 Å². The number of allylic oxidation sites excluding steroid dienone is 1. The second-order valence-electron chi connectivity index (χ2n) is 24.2. The summed E-state index contributed by atoms with van der Waals surface area (Å²) in [6.45, 7) is 6.34. The minimum Gasteiger partial charge on any atom is -0.456 e. The van der Waals surface area contributed by atoms with Gasteiger partial charge in [-0.25, -0.2) is 15.0 Å². The molecule has 0 spiro atoms. The minimum atomic E-state index is 0.492. The monoisotopic (exact) mass is 1220 g/mol. The molecule has 0 fully saturated rings. The molecule has 18 aromatic rings. The van der Waals surface area contributed by atoms with E-state index >= 15 is 0 Å². The smallest absolute Gasteiger partial charge is 0.164 e. The van der Waals surface area contributed by atoms with Crippen LogP contribution < -0.4 is 0 Å². The van der Waals surface area contributed by atoms with Crippen LogP contribution in [0.25, 0.3) is 178 Å². The summed E-state index contributed by atoms with van der Waals surface area (Å²) < 4.78 is 18.2. The SMILES string of the molecule is C=Cc1oc2ccc(-c3ccc4c(c3)c3ccccc3n4-c3cccc(-c4ccccc4)c3)cc2c1/C(=C\C)c1nc(-c2ccc(-c3ccccc3)cc2)nc(-c2cccc3oc4ccc(-c5ccc6c(c5)c5ccccc5n6-c5cccc(-c6ccccc6)c5)cc4c23)n1. The van der Waals surface area contributed by atoms with Crippen LogP contribution >= 0.6 is 0 Å².